The number of aromatic nitrogens is 2. The largest absolute Gasteiger partial charge is 0.468 e. The third-order valence-corrected chi connectivity index (χ3v) is 3.90. The molecule has 0 amide bonds. The second kappa shape index (κ2) is 6.19. The Labute approximate surface area is 114 Å². The van der Waals surface area contributed by atoms with Crippen LogP contribution in [0.3, 0.4) is 0 Å². The topological polar surface area (TPSA) is 56.2 Å². The van der Waals surface area contributed by atoms with Crippen molar-refractivity contribution < 1.29 is 9.53 Å². The van der Waals surface area contributed by atoms with Crippen LogP contribution in [0.25, 0.3) is 0 Å². The highest BCUT2D eigenvalue weighted by molar-refractivity contribution is 5.75. The summed E-state index contributed by atoms with van der Waals surface area (Å²) in [6.45, 7) is 2.86. The van der Waals surface area contributed by atoms with Crippen molar-refractivity contribution in [2.24, 2.45) is 0 Å². The number of hydrogen-bond donors (Lipinski definition) is 1. The third kappa shape index (κ3) is 2.97. The molecule has 0 aromatic carbocycles. The third-order valence-electron chi connectivity index (χ3n) is 3.90. The molecular weight excluding hydrogens is 242 g/mol. The Balaban J connectivity index is 2.07. The van der Waals surface area contributed by atoms with Crippen LogP contribution in [0, 0.1) is 6.92 Å². The number of likely N-dealkylation sites (N-methyl/N-ethyl adjacent to an activating group) is 1. The van der Waals surface area contributed by atoms with Gasteiger partial charge in [-0.25, -0.2) is 4.98 Å². The van der Waals surface area contributed by atoms with Crippen LogP contribution in [-0.4, -0.2) is 35.7 Å². The van der Waals surface area contributed by atoms with Crippen molar-refractivity contribution in [1.82, 2.24) is 14.9 Å². The van der Waals surface area contributed by atoms with E-state index in [0.717, 1.165) is 31.6 Å². The van der Waals surface area contributed by atoms with Crippen molar-refractivity contribution in [2.45, 2.75) is 51.6 Å². The van der Waals surface area contributed by atoms with Gasteiger partial charge >= 0.3 is 5.97 Å². The molecule has 5 nitrogen and oxygen atoms in total. The predicted octanol–water partition coefficient (Wildman–Crippen LogP) is 1.22. The van der Waals surface area contributed by atoms with Gasteiger partial charge in [0.15, 0.2) is 0 Å². The number of methoxy groups -OCH3 is 1. The number of carbonyl (C=O) groups excluding carboxylic acids is 1. The Hall–Kier alpha value is -1.36. The molecule has 106 valence electrons. The Morgan fingerprint density at radius 3 is 2.89 bits per heavy atom. The van der Waals surface area contributed by atoms with Crippen LogP contribution >= 0.6 is 0 Å². The molecule has 1 atom stereocenters. The van der Waals surface area contributed by atoms with Crippen molar-refractivity contribution in [3.05, 3.63) is 17.2 Å². The first kappa shape index (κ1) is 14.1. The lowest BCUT2D eigenvalue weighted by molar-refractivity contribution is -0.143. The molecule has 2 rings (SSSR count). The van der Waals surface area contributed by atoms with E-state index in [1.165, 1.54) is 31.3 Å². The van der Waals surface area contributed by atoms with E-state index >= 15 is 0 Å². The number of fused-ring (bicyclic) bond motifs is 1. The van der Waals surface area contributed by atoms with Crippen LogP contribution in [0.15, 0.2) is 0 Å². The predicted molar refractivity (Wildman–Crippen MR) is 73.1 cm³/mol. The zero-order valence-corrected chi connectivity index (χ0v) is 12.0. The van der Waals surface area contributed by atoms with Gasteiger partial charge < -0.3 is 14.6 Å². The van der Waals surface area contributed by atoms with Crippen molar-refractivity contribution >= 4 is 5.97 Å². The number of rotatable bonds is 5. The van der Waals surface area contributed by atoms with Gasteiger partial charge in [-0.15, -0.1) is 0 Å². The van der Waals surface area contributed by atoms with Gasteiger partial charge in [0.1, 0.15) is 11.9 Å². The standard InChI is InChI=1S/C14H23N3O2/c1-10-16-11-6-4-5-7-13(11)17(10)9-8-12(15-2)14(18)19-3/h12,15H,4-9H2,1-3H3. The zero-order chi connectivity index (χ0) is 13.8. The van der Waals surface area contributed by atoms with E-state index < -0.39 is 0 Å². The summed E-state index contributed by atoms with van der Waals surface area (Å²) in [5.41, 5.74) is 2.62. The van der Waals surface area contributed by atoms with E-state index in [4.69, 9.17) is 4.74 Å². The molecule has 0 saturated carbocycles. The average Bonchev–Trinajstić information content (AvgIpc) is 2.75. The van der Waals surface area contributed by atoms with Crippen molar-refractivity contribution in [3.63, 3.8) is 0 Å². The van der Waals surface area contributed by atoms with Crippen molar-refractivity contribution in [1.29, 1.82) is 0 Å². The van der Waals surface area contributed by atoms with E-state index in [1.807, 2.05) is 6.92 Å². The highest BCUT2D eigenvalue weighted by Gasteiger charge is 2.21. The lowest BCUT2D eigenvalue weighted by Crippen LogP contribution is -2.36. The molecule has 0 radical (unpaired) electrons. The summed E-state index contributed by atoms with van der Waals surface area (Å²) < 4.78 is 7.06. The molecule has 0 fully saturated rings. The van der Waals surface area contributed by atoms with Crippen molar-refractivity contribution in [2.75, 3.05) is 14.2 Å². The number of imidazole rings is 1. The molecule has 1 N–H and O–H groups in total. The zero-order valence-electron chi connectivity index (χ0n) is 12.0. The van der Waals surface area contributed by atoms with Gasteiger partial charge in [-0.1, -0.05) is 0 Å². The molecule has 0 spiro atoms. The summed E-state index contributed by atoms with van der Waals surface area (Å²) in [5.74, 6) is 0.862. The fourth-order valence-electron chi connectivity index (χ4n) is 2.81. The van der Waals surface area contributed by atoms with Crippen LogP contribution < -0.4 is 5.32 Å². The van der Waals surface area contributed by atoms with E-state index in [1.54, 1.807) is 7.05 Å². The van der Waals surface area contributed by atoms with Crippen molar-refractivity contribution in [3.8, 4) is 0 Å². The molecule has 5 heteroatoms. The quantitative estimate of drug-likeness (QED) is 0.813. The number of nitrogens with zero attached hydrogens (tertiary/aromatic N) is 2. The second-order valence-electron chi connectivity index (χ2n) is 5.06. The van der Waals surface area contributed by atoms with Gasteiger partial charge in [-0.2, -0.15) is 0 Å². The highest BCUT2D eigenvalue weighted by atomic mass is 16.5. The molecule has 1 aromatic heterocycles. The first-order valence-electron chi connectivity index (χ1n) is 6.97. The number of hydrogen-bond acceptors (Lipinski definition) is 4. The minimum atomic E-state index is -0.244. The summed E-state index contributed by atoms with van der Waals surface area (Å²) in [4.78, 5) is 16.2. The minimum absolute atomic E-state index is 0.200. The van der Waals surface area contributed by atoms with Crippen LogP contribution in [0.2, 0.25) is 0 Å². The molecular formula is C14H23N3O2. The SMILES string of the molecule is CNC(CCn1c(C)nc2c1CCCC2)C(=O)OC. The molecule has 1 aliphatic carbocycles. The normalized spacial score (nSPS) is 15.9. The van der Waals surface area contributed by atoms with Crippen LogP contribution in [-0.2, 0) is 28.9 Å². The number of ether oxygens (including phenoxy) is 1. The molecule has 0 bridgehead atoms. The summed E-state index contributed by atoms with van der Waals surface area (Å²) in [6.07, 6.45) is 5.41. The lowest BCUT2D eigenvalue weighted by Gasteiger charge is -2.17. The van der Waals surface area contributed by atoms with Gasteiger partial charge in [0.05, 0.1) is 12.8 Å². The smallest absolute Gasteiger partial charge is 0.322 e. The minimum Gasteiger partial charge on any atom is -0.468 e. The molecule has 19 heavy (non-hydrogen) atoms. The van der Waals surface area contributed by atoms with Gasteiger partial charge in [0.2, 0.25) is 0 Å². The van der Waals surface area contributed by atoms with Gasteiger partial charge in [-0.05, 0) is 46.1 Å². The van der Waals surface area contributed by atoms with E-state index in [9.17, 15) is 4.79 Å². The Morgan fingerprint density at radius 1 is 1.47 bits per heavy atom. The number of aryl methyl sites for hydroxylation is 2. The fourth-order valence-corrected chi connectivity index (χ4v) is 2.81. The van der Waals surface area contributed by atoms with E-state index in [2.05, 4.69) is 14.9 Å². The molecule has 1 heterocycles. The summed E-state index contributed by atoms with van der Waals surface area (Å²) >= 11 is 0. The molecule has 0 saturated heterocycles. The number of esters is 1. The molecule has 1 aromatic rings. The molecule has 0 aliphatic heterocycles. The van der Waals surface area contributed by atoms with Crippen LogP contribution in [0.4, 0.5) is 0 Å². The van der Waals surface area contributed by atoms with Crippen LogP contribution in [0.1, 0.15) is 36.5 Å². The van der Waals surface area contributed by atoms with Gasteiger partial charge in [-0.3, -0.25) is 4.79 Å². The maximum absolute atomic E-state index is 11.6. The fraction of sp³-hybridized carbons (Fsp3) is 0.714. The number of nitrogens with one attached hydrogen (secondary N) is 1. The Kier molecular flexibility index (Phi) is 4.58. The Morgan fingerprint density at radius 2 is 2.21 bits per heavy atom. The summed E-state index contributed by atoms with van der Waals surface area (Å²) in [5, 5.41) is 3.01. The van der Waals surface area contributed by atoms with Gasteiger partial charge in [0, 0.05) is 12.2 Å². The van der Waals surface area contributed by atoms with E-state index in [0.29, 0.717) is 0 Å². The maximum atomic E-state index is 11.6. The highest BCUT2D eigenvalue weighted by Crippen LogP contribution is 2.22. The van der Waals surface area contributed by atoms with E-state index in [-0.39, 0.29) is 12.0 Å². The second-order valence-corrected chi connectivity index (χ2v) is 5.06. The average molecular weight is 265 g/mol. The first-order valence-corrected chi connectivity index (χ1v) is 6.97. The molecule has 1 aliphatic rings. The monoisotopic (exact) mass is 265 g/mol. The number of carbonyl (C=O) groups is 1. The summed E-state index contributed by atoms with van der Waals surface area (Å²) in [6, 6.07) is -0.244. The first-order chi connectivity index (χ1) is 9.17. The van der Waals surface area contributed by atoms with Gasteiger partial charge in [0.25, 0.3) is 0 Å². The Bertz CT molecular complexity index is 454. The maximum Gasteiger partial charge on any atom is 0.322 e. The molecule has 1 unspecified atom stereocenters. The van der Waals surface area contributed by atoms with Crippen LogP contribution in [0.5, 0.6) is 0 Å². The summed E-state index contributed by atoms with van der Waals surface area (Å²) in [7, 11) is 3.22. The lowest BCUT2D eigenvalue weighted by atomic mass is 10.0.